The summed E-state index contributed by atoms with van der Waals surface area (Å²) in [5.41, 5.74) is 0.748. The van der Waals surface area contributed by atoms with Crippen LogP contribution in [0.4, 0.5) is 8.78 Å². The van der Waals surface area contributed by atoms with Crippen LogP contribution >= 0.6 is 27.5 Å². The van der Waals surface area contributed by atoms with Gasteiger partial charge in [-0.05, 0) is 12.1 Å². The van der Waals surface area contributed by atoms with E-state index in [4.69, 9.17) is 11.6 Å². The average molecular weight is 334 g/mol. The van der Waals surface area contributed by atoms with E-state index in [2.05, 4.69) is 25.9 Å². The SMILES string of the molecule is FC(F)c1nc(-c2cccc(Cl)c2)ncc1CBr. The highest BCUT2D eigenvalue weighted by molar-refractivity contribution is 9.08. The normalized spacial score (nSPS) is 10.9. The summed E-state index contributed by atoms with van der Waals surface area (Å²) in [4.78, 5) is 7.98. The third-order valence-electron chi connectivity index (χ3n) is 2.33. The minimum Gasteiger partial charge on any atom is -0.236 e. The van der Waals surface area contributed by atoms with E-state index in [1.807, 2.05) is 0 Å². The van der Waals surface area contributed by atoms with Crippen LogP contribution in [-0.2, 0) is 5.33 Å². The van der Waals surface area contributed by atoms with E-state index in [0.717, 1.165) is 0 Å². The third-order valence-corrected chi connectivity index (χ3v) is 3.17. The molecule has 0 radical (unpaired) electrons. The first-order valence-electron chi connectivity index (χ1n) is 5.07. The van der Waals surface area contributed by atoms with E-state index in [-0.39, 0.29) is 11.5 Å². The molecule has 2 nitrogen and oxygen atoms in total. The van der Waals surface area contributed by atoms with Crippen molar-refractivity contribution in [3.8, 4) is 11.4 Å². The highest BCUT2D eigenvalue weighted by Gasteiger charge is 2.16. The molecule has 0 unspecified atom stereocenters. The topological polar surface area (TPSA) is 25.8 Å². The van der Waals surface area contributed by atoms with Gasteiger partial charge in [0.2, 0.25) is 0 Å². The molecule has 0 N–H and O–H groups in total. The predicted molar refractivity (Wildman–Crippen MR) is 70.1 cm³/mol. The Hall–Kier alpha value is -1.07. The zero-order chi connectivity index (χ0) is 13.1. The number of nitrogens with zero attached hydrogens (tertiary/aromatic N) is 2. The van der Waals surface area contributed by atoms with Gasteiger partial charge >= 0.3 is 0 Å². The average Bonchev–Trinajstić information content (AvgIpc) is 2.38. The first-order chi connectivity index (χ1) is 8.61. The van der Waals surface area contributed by atoms with Crippen molar-refractivity contribution in [2.24, 2.45) is 0 Å². The van der Waals surface area contributed by atoms with Crippen LogP contribution in [0.3, 0.4) is 0 Å². The van der Waals surface area contributed by atoms with Gasteiger partial charge in [0.15, 0.2) is 5.82 Å². The highest BCUT2D eigenvalue weighted by atomic mass is 79.9. The summed E-state index contributed by atoms with van der Waals surface area (Å²) < 4.78 is 25.7. The Morgan fingerprint density at radius 3 is 2.72 bits per heavy atom. The van der Waals surface area contributed by atoms with Gasteiger partial charge in [0.1, 0.15) is 5.69 Å². The van der Waals surface area contributed by atoms with E-state index in [1.54, 1.807) is 24.3 Å². The second kappa shape index (κ2) is 5.71. The Bertz CT molecular complexity index is 564. The van der Waals surface area contributed by atoms with Gasteiger partial charge < -0.3 is 0 Å². The predicted octanol–water partition coefficient (Wildman–Crippen LogP) is 4.63. The standard InChI is InChI=1S/C12H8BrClF2N2/c13-5-8-6-17-12(18-10(8)11(15)16)7-2-1-3-9(14)4-7/h1-4,6,11H,5H2. The van der Waals surface area contributed by atoms with Gasteiger partial charge in [0.25, 0.3) is 6.43 Å². The number of halogens is 4. The molecule has 6 heteroatoms. The second-order valence-electron chi connectivity index (χ2n) is 3.55. The molecule has 0 saturated heterocycles. The molecule has 2 aromatic rings. The summed E-state index contributed by atoms with van der Waals surface area (Å²) in [7, 11) is 0. The van der Waals surface area contributed by atoms with Crippen molar-refractivity contribution < 1.29 is 8.78 Å². The summed E-state index contributed by atoms with van der Waals surface area (Å²) in [5, 5.41) is 0.807. The molecular weight excluding hydrogens is 325 g/mol. The van der Waals surface area contributed by atoms with Crippen molar-refractivity contribution in [3.63, 3.8) is 0 Å². The fraction of sp³-hybridized carbons (Fsp3) is 0.167. The number of aromatic nitrogens is 2. The van der Waals surface area contributed by atoms with Gasteiger partial charge in [-0.25, -0.2) is 18.7 Å². The molecule has 1 aromatic heterocycles. The van der Waals surface area contributed by atoms with Crippen LogP contribution in [0.15, 0.2) is 30.5 Å². The highest BCUT2D eigenvalue weighted by Crippen LogP contribution is 2.26. The molecule has 0 spiro atoms. The molecule has 2 rings (SSSR count). The quantitative estimate of drug-likeness (QED) is 0.765. The van der Waals surface area contributed by atoms with Crippen LogP contribution < -0.4 is 0 Å². The van der Waals surface area contributed by atoms with Gasteiger partial charge in [-0.2, -0.15) is 0 Å². The van der Waals surface area contributed by atoms with Crippen LogP contribution in [-0.4, -0.2) is 9.97 Å². The van der Waals surface area contributed by atoms with Gasteiger partial charge in [-0.1, -0.05) is 39.7 Å². The number of hydrogen-bond acceptors (Lipinski definition) is 2. The molecule has 1 aromatic carbocycles. The van der Waals surface area contributed by atoms with E-state index in [0.29, 0.717) is 21.5 Å². The number of alkyl halides is 3. The lowest BCUT2D eigenvalue weighted by atomic mass is 10.2. The Balaban J connectivity index is 2.50. The zero-order valence-electron chi connectivity index (χ0n) is 9.08. The van der Waals surface area contributed by atoms with Crippen LogP contribution in [0.5, 0.6) is 0 Å². The van der Waals surface area contributed by atoms with E-state index in [9.17, 15) is 8.78 Å². The first kappa shape index (κ1) is 13.4. The smallest absolute Gasteiger partial charge is 0.236 e. The molecule has 94 valence electrons. The molecule has 0 aliphatic rings. The Labute approximate surface area is 116 Å². The van der Waals surface area contributed by atoms with E-state index >= 15 is 0 Å². The molecule has 1 heterocycles. The number of hydrogen-bond donors (Lipinski definition) is 0. The summed E-state index contributed by atoms with van der Waals surface area (Å²) in [5.74, 6) is 0.248. The molecule has 0 amide bonds. The molecule has 0 saturated carbocycles. The maximum atomic E-state index is 12.9. The Morgan fingerprint density at radius 2 is 2.11 bits per heavy atom. The van der Waals surface area contributed by atoms with Crippen molar-refractivity contribution >= 4 is 27.5 Å². The summed E-state index contributed by atoms with van der Waals surface area (Å²) in [6.45, 7) is 0. The minimum absolute atomic E-state index is 0.248. The van der Waals surface area contributed by atoms with Crippen LogP contribution in [0.2, 0.25) is 5.02 Å². The molecule has 18 heavy (non-hydrogen) atoms. The largest absolute Gasteiger partial charge is 0.280 e. The molecule has 0 fully saturated rings. The fourth-order valence-corrected chi connectivity index (χ4v) is 2.10. The van der Waals surface area contributed by atoms with Crippen molar-refractivity contribution in [1.82, 2.24) is 9.97 Å². The van der Waals surface area contributed by atoms with Crippen molar-refractivity contribution in [2.45, 2.75) is 11.8 Å². The lowest BCUT2D eigenvalue weighted by Crippen LogP contribution is -2.01. The summed E-state index contributed by atoms with van der Waals surface area (Å²) >= 11 is 8.98. The molecule has 0 aliphatic carbocycles. The number of rotatable bonds is 3. The zero-order valence-corrected chi connectivity index (χ0v) is 11.4. The Morgan fingerprint density at radius 1 is 1.33 bits per heavy atom. The molecule has 0 bridgehead atoms. The van der Waals surface area contributed by atoms with Gasteiger partial charge in [-0.15, -0.1) is 0 Å². The van der Waals surface area contributed by atoms with Gasteiger partial charge in [0.05, 0.1) is 0 Å². The summed E-state index contributed by atoms with van der Waals surface area (Å²) in [6, 6.07) is 6.79. The van der Waals surface area contributed by atoms with Crippen LogP contribution in [0.25, 0.3) is 11.4 Å². The third kappa shape index (κ3) is 2.84. The lowest BCUT2D eigenvalue weighted by molar-refractivity contribution is 0.145. The van der Waals surface area contributed by atoms with Crippen molar-refractivity contribution in [2.75, 3.05) is 0 Å². The molecule has 0 aliphatic heterocycles. The van der Waals surface area contributed by atoms with Crippen molar-refractivity contribution in [1.29, 1.82) is 0 Å². The monoisotopic (exact) mass is 332 g/mol. The minimum atomic E-state index is -2.63. The van der Waals surface area contributed by atoms with E-state index < -0.39 is 6.43 Å². The van der Waals surface area contributed by atoms with Gasteiger partial charge in [-0.3, -0.25) is 0 Å². The number of benzene rings is 1. The molecular formula is C12H8BrClF2N2. The van der Waals surface area contributed by atoms with Crippen LogP contribution in [0, 0.1) is 0 Å². The van der Waals surface area contributed by atoms with Crippen LogP contribution in [0.1, 0.15) is 17.7 Å². The summed E-state index contributed by atoms with van der Waals surface area (Å²) in [6.07, 6.45) is -1.22. The lowest BCUT2D eigenvalue weighted by Gasteiger charge is -2.07. The maximum absolute atomic E-state index is 12.9. The van der Waals surface area contributed by atoms with Gasteiger partial charge in [0, 0.05) is 27.7 Å². The first-order valence-corrected chi connectivity index (χ1v) is 6.57. The van der Waals surface area contributed by atoms with Crippen molar-refractivity contribution in [3.05, 3.63) is 46.7 Å². The fourth-order valence-electron chi connectivity index (χ4n) is 1.48. The molecule has 0 atom stereocenters. The maximum Gasteiger partial charge on any atom is 0.280 e. The van der Waals surface area contributed by atoms with E-state index in [1.165, 1.54) is 6.20 Å². The second-order valence-corrected chi connectivity index (χ2v) is 4.55. The Kier molecular flexibility index (Phi) is 4.24.